The summed E-state index contributed by atoms with van der Waals surface area (Å²) in [5.74, 6) is 0.284. The number of piperidine rings is 1. The van der Waals surface area contributed by atoms with E-state index in [4.69, 9.17) is 32.7 Å². The van der Waals surface area contributed by atoms with E-state index in [1.54, 1.807) is 19.2 Å². The molecule has 3 heterocycles. The minimum atomic E-state index is -0.682. The number of hydrogen-bond donors (Lipinski definition) is 3. The number of nitrogens with zero attached hydrogens (tertiary/aromatic N) is 2. The fraction of sp³-hybridized carbons (Fsp3) is 0.375. The predicted molar refractivity (Wildman–Crippen MR) is 132 cm³/mol. The van der Waals surface area contributed by atoms with Crippen molar-refractivity contribution >= 4 is 51.5 Å². The van der Waals surface area contributed by atoms with Crippen molar-refractivity contribution in [3.8, 4) is 11.5 Å². The molecule has 0 spiro atoms. The van der Waals surface area contributed by atoms with E-state index in [0.29, 0.717) is 40.3 Å². The molecule has 1 amide bonds. The molecular weight excluding hydrogens is 496 g/mol. The maximum Gasteiger partial charge on any atom is 0.257 e. The lowest BCUT2D eigenvalue weighted by Crippen LogP contribution is -2.42. The van der Waals surface area contributed by atoms with Crippen LogP contribution in [0, 0.1) is 5.82 Å². The molecule has 35 heavy (non-hydrogen) atoms. The first kappa shape index (κ1) is 23.8. The lowest BCUT2D eigenvalue weighted by molar-refractivity contribution is -0.122. The van der Waals surface area contributed by atoms with Gasteiger partial charge in [0.15, 0.2) is 23.9 Å². The monoisotopic (exact) mass is 519 g/mol. The highest BCUT2D eigenvalue weighted by Gasteiger charge is 2.35. The average molecular weight is 520 g/mol. The molecule has 11 heteroatoms. The Labute approximate surface area is 211 Å². The van der Waals surface area contributed by atoms with Crippen molar-refractivity contribution in [1.29, 1.82) is 0 Å². The number of halogens is 3. The smallest absolute Gasteiger partial charge is 0.257 e. The van der Waals surface area contributed by atoms with Crippen LogP contribution in [-0.4, -0.2) is 47.7 Å². The molecule has 0 aliphatic carbocycles. The van der Waals surface area contributed by atoms with Gasteiger partial charge in [-0.05, 0) is 43.9 Å². The van der Waals surface area contributed by atoms with Crippen molar-refractivity contribution in [2.75, 3.05) is 19.0 Å². The second-order valence-electron chi connectivity index (χ2n) is 8.70. The molecule has 2 saturated heterocycles. The number of hydrogen-bond acceptors (Lipinski definition) is 7. The molecule has 184 valence electrons. The summed E-state index contributed by atoms with van der Waals surface area (Å²) in [7, 11) is 1.54. The summed E-state index contributed by atoms with van der Waals surface area (Å²) in [5, 5.41) is 9.65. The Kier molecular flexibility index (Phi) is 6.82. The number of likely N-dealkylation sites (N-methyl/N-ethyl adjacent to an activating group) is 1. The molecule has 3 aromatic rings. The molecule has 0 saturated carbocycles. The Balaban J connectivity index is 1.50. The third-order valence-corrected chi connectivity index (χ3v) is 7.13. The van der Waals surface area contributed by atoms with Gasteiger partial charge in [0.2, 0.25) is 0 Å². The molecule has 0 radical (unpaired) electrons. The third-order valence-electron chi connectivity index (χ3n) is 6.35. The molecule has 2 aliphatic rings. The van der Waals surface area contributed by atoms with Gasteiger partial charge < -0.3 is 25.4 Å². The Morgan fingerprint density at radius 3 is 2.69 bits per heavy atom. The second kappa shape index (κ2) is 10.0. The van der Waals surface area contributed by atoms with Crippen LogP contribution in [0.1, 0.15) is 25.7 Å². The molecule has 8 nitrogen and oxygen atoms in total. The number of ether oxygens (including phenoxy) is 2. The van der Waals surface area contributed by atoms with Crippen LogP contribution in [0.5, 0.6) is 11.5 Å². The Bertz CT molecular complexity index is 1270. The Morgan fingerprint density at radius 1 is 1.17 bits per heavy atom. The molecule has 3 atom stereocenters. The number of rotatable bonds is 7. The van der Waals surface area contributed by atoms with Crippen molar-refractivity contribution in [1.82, 2.24) is 20.6 Å². The molecule has 2 aromatic carbocycles. The number of amides is 1. The maximum absolute atomic E-state index is 14.7. The van der Waals surface area contributed by atoms with E-state index in [9.17, 15) is 9.18 Å². The van der Waals surface area contributed by atoms with E-state index in [0.717, 1.165) is 25.7 Å². The molecule has 2 bridgehead atoms. The summed E-state index contributed by atoms with van der Waals surface area (Å²) in [4.78, 5) is 20.4. The van der Waals surface area contributed by atoms with Crippen LogP contribution in [0.25, 0.3) is 10.9 Å². The minimum Gasteiger partial charge on any atom is -0.486 e. The van der Waals surface area contributed by atoms with Crippen molar-refractivity contribution in [2.45, 2.75) is 43.9 Å². The zero-order chi connectivity index (χ0) is 24.5. The summed E-state index contributed by atoms with van der Waals surface area (Å²) in [6, 6.07) is 7.32. The number of carbonyl (C=O) groups excluding carboxylic acids is 1. The van der Waals surface area contributed by atoms with Crippen molar-refractivity contribution in [2.24, 2.45) is 0 Å². The van der Waals surface area contributed by atoms with E-state index in [1.807, 2.05) is 0 Å². The predicted octanol–water partition coefficient (Wildman–Crippen LogP) is 4.61. The van der Waals surface area contributed by atoms with Gasteiger partial charge in [0.1, 0.15) is 18.2 Å². The quantitative estimate of drug-likeness (QED) is 0.392. The topological polar surface area (TPSA) is 97.4 Å². The summed E-state index contributed by atoms with van der Waals surface area (Å²) in [6.07, 6.45) is 5.40. The zero-order valence-corrected chi connectivity index (χ0v) is 20.4. The Hall–Kier alpha value is -2.88. The van der Waals surface area contributed by atoms with Gasteiger partial charge in [-0.2, -0.15) is 0 Å². The van der Waals surface area contributed by atoms with Crippen LogP contribution in [0.3, 0.4) is 0 Å². The minimum absolute atomic E-state index is 0.00195. The molecule has 2 aliphatic heterocycles. The van der Waals surface area contributed by atoms with Crippen molar-refractivity contribution in [3.63, 3.8) is 0 Å². The van der Waals surface area contributed by atoms with Crippen LogP contribution in [0.2, 0.25) is 10.0 Å². The molecule has 3 N–H and O–H groups in total. The number of carbonyl (C=O) groups is 1. The first-order valence-corrected chi connectivity index (χ1v) is 12.1. The lowest BCUT2D eigenvalue weighted by atomic mass is 10.0. The standard InChI is InChI=1S/C24H24Cl2FN5O3/c1-28-21(33)10-34-19-9-18-15(8-20(19)35-14-6-12-2-3-13(7-14)31-12)24(30-11-29-18)32-17-5-4-16(25)22(26)23(17)27/h4-5,8-9,11-14,31H,2-3,6-7,10H2,1H3,(H,28,33)(H,29,30,32)/t12-,13+,14?. The van der Waals surface area contributed by atoms with E-state index in [1.165, 1.54) is 18.5 Å². The van der Waals surface area contributed by atoms with Gasteiger partial charge in [-0.15, -0.1) is 0 Å². The van der Waals surface area contributed by atoms with Gasteiger partial charge in [0, 0.05) is 30.6 Å². The van der Waals surface area contributed by atoms with Gasteiger partial charge >= 0.3 is 0 Å². The SMILES string of the molecule is CNC(=O)COc1cc2ncnc(Nc3ccc(Cl)c(Cl)c3F)c2cc1OC1C[C@H]2CC[C@@H](C1)N2. The third kappa shape index (κ3) is 5.07. The van der Waals surface area contributed by atoms with E-state index in [2.05, 4.69) is 25.9 Å². The first-order chi connectivity index (χ1) is 16.9. The number of benzene rings is 2. The molecule has 2 fully saturated rings. The average Bonchev–Trinajstić information content (AvgIpc) is 3.20. The molecule has 5 rings (SSSR count). The summed E-state index contributed by atoms with van der Waals surface area (Å²) in [5.41, 5.74) is 0.657. The second-order valence-corrected chi connectivity index (χ2v) is 9.48. The summed E-state index contributed by atoms with van der Waals surface area (Å²) in [6.45, 7) is -0.166. The number of aromatic nitrogens is 2. The van der Waals surface area contributed by atoms with E-state index < -0.39 is 5.82 Å². The van der Waals surface area contributed by atoms with Crippen molar-refractivity contribution in [3.05, 3.63) is 46.5 Å². The highest BCUT2D eigenvalue weighted by atomic mass is 35.5. The van der Waals surface area contributed by atoms with Gasteiger partial charge in [0.25, 0.3) is 5.91 Å². The largest absolute Gasteiger partial charge is 0.486 e. The molecule has 1 aromatic heterocycles. The van der Waals surface area contributed by atoms with Crippen LogP contribution < -0.4 is 25.4 Å². The summed E-state index contributed by atoms with van der Waals surface area (Å²) >= 11 is 11.9. The summed E-state index contributed by atoms with van der Waals surface area (Å²) < 4.78 is 26.9. The normalized spacial score (nSPS) is 21.1. The van der Waals surface area contributed by atoms with Crippen molar-refractivity contribution < 1.29 is 18.7 Å². The van der Waals surface area contributed by atoms with Gasteiger partial charge in [-0.3, -0.25) is 4.79 Å². The molecular formula is C24H24Cl2FN5O3. The number of nitrogens with one attached hydrogen (secondary N) is 3. The number of fused-ring (bicyclic) bond motifs is 3. The van der Waals surface area contributed by atoms with Crippen LogP contribution in [0.4, 0.5) is 15.9 Å². The van der Waals surface area contributed by atoms with Crippen LogP contribution >= 0.6 is 23.2 Å². The zero-order valence-electron chi connectivity index (χ0n) is 18.9. The number of anilines is 2. The van der Waals surface area contributed by atoms with Crippen LogP contribution in [-0.2, 0) is 4.79 Å². The maximum atomic E-state index is 14.7. The fourth-order valence-corrected chi connectivity index (χ4v) is 4.93. The highest BCUT2D eigenvalue weighted by Crippen LogP contribution is 2.39. The van der Waals surface area contributed by atoms with Gasteiger partial charge in [-0.25, -0.2) is 14.4 Å². The van der Waals surface area contributed by atoms with E-state index >= 15 is 0 Å². The fourth-order valence-electron chi connectivity index (χ4n) is 4.61. The van der Waals surface area contributed by atoms with Gasteiger partial charge in [0.05, 0.1) is 21.2 Å². The molecule has 1 unspecified atom stereocenters. The van der Waals surface area contributed by atoms with Crippen LogP contribution in [0.15, 0.2) is 30.6 Å². The highest BCUT2D eigenvalue weighted by molar-refractivity contribution is 6.42. The Morgan fingerprint density at radius 2 is 1.94 bits per heavy atom. The van der Waals surface area contributed by atoms with E-state index in [-0.39, 0.29) is 34.4 Å². The first-order valence-electron chi connectivity index (χ1n) is 11.4. The van der Waals surface area contributed by atoms with Gasteiger partial charge in [-0.1, -0.05) is 23.2 Å². The lowest BCUT2D eigenvalue weighted by Gasteiger charge is -2.30.